The molecule has 0 saturated carbocycles. The van der Waals surface area contributed by atoms with Crippen LogP contribution in [0.3, 0.4) is 0 Å². The van der Waals surface area contributed by atoms with Gasteiger partial charge in [0.1, 0.15) is 9.68 Å². The van der Waals surface area contributed by atoms with E-state index in [1.54, 1.807) is 16.3 Å². The first-order chi connectivity index (χ1) is 6.74. The summed E-state index contributed by atoms with van der Waals surface area (Å²) in [5, 5.41) is 1.71. The zero-order valence-corrected chi connectivity index (χ0v) is 12.7. The highest BCUT2D eigenvalue weighted by Gasteiger charge is 2.24. The molecule has 1 unspecified atom stereocenters. The third-order valence-corrected chi connectivity index (χ3v) is 6.38. The van der Waals surface area contributed by atoms with Crippen LogP contribution < -0.4 is 4.98 Å². The molecule has 0 aliphatic heterocycles. The van der Waals surface area contributed by atoms with Crippen LogP contribution in [-0.2, 0) is 0 Å². The Hall–Kier alpha value is -0.343. The fourth-order valence-electron chi connectivity index (χ4n) is 2.09. The van der Waals surface area contributed by atoms with Crippen molar-refractivity contribution < 1.29 is 0 Å². The Bertz CT molecular complexity index is 318. The van der Waals surface area contributed by atoms with Gasteiger partial charge in [0.15, 0.2) is 0 Å². The monoisotopic (exact) mass is 223 g/mol. The number of hydrogen-bond acceptors (Lipinski definition) is 1. The van der Waals surface area contributed by atoms with E-state index >= 15 is 0 Å². The number of rotatable bonds is 2. The minimum atomic E-state index is -0.287. The van der Waals surface area contributed by atoms with E-state index in [1.807, 2.05) is 0 Å². The molecule has 1 aliphatic carbocycles. The second-order valence-corrected chi connectivity index (χ2v) is 7.25. The van der Waals surface area contributed by atoms with Crippen LogP contribution in [0.15, 0.2) is 21.9 Å². The smallest absolute Gasteiger partial charge is 0.121 e. The minimum Gasteiger partial charge on any atom is -0.334 e. The summed E-state index contributed by atoms with van der Waals surface area (Å²) in [6.45, 7) is 15.9. The molecule has 1 N–H and O–H groups in total. The van der Waals surface area contributed by atoms with Crippen LogP contribution in [0.5, 0.6) is 0 Å². The lowest BCUT2D eigenvalue weighted by Gasteiger charge is -2.23. The Kier molecular flexibility index (Phi) is 3.62. The van der Waals surface area contributed by atoms with Crippen molar-refractivity contribution in [2.24, 2.45) is 5.92 Å². The highest BCUT2D eigenvalue weighted by molar-refractivity contribution is 6.43. The van der Waals surface area contributed by atoms with E-state index < -0.39 is 0 Å². The molecular weight excluding hydrogens is 198 g/mol. The molecule has 0 amide bonds. The molecule has 0 aromatic rings. The summed E-state index contributed by atoms with van der Waals surface area (Å²) in [7, 11) is -0.287. The van der Waals surface area contributed by atoms with Crippen molar-refractivity contribution in [3.63, 3.8) is 0 Å². The zero-order valence-electron chi connectivity index (χ0n) is 11.3. The fourth-order valence-corrected chi connectivity index (χ4v) is 3.96. The van der Waals surface area contributed by atoms with E-state index in [-0.39, 0.29) is 15.2 Å². The van der Waals surface area contributed by atoms with Gasteiger partial charge in [-0.05, 0) is 53.0 Å². The van der Waals surface area contributed by atoms with Gasteiger partial charge in [0.2, 0.25) is 0 Å². The third kappa shape index (κ3) is 2.82. The summed E-state index contributed by atoms with van der Waals surface area (Å²) in [4.78, 5) is 3.72. The molecule has 0 heterocycles. The van der Waals surface area contributed by atoms with Gasteiger partial charge in [0.25, 0.3) is 0 Å². The van der Waals surface area contributed by atoms with Gasteiger partial charge in [-0.25, -0.2) is 0 Å². The summed E-state index contributed by atoms with van der Waals surface area (Å²) in [5.41, 5.74) is 4.93. The molecular formula is C13H25NSi. The molecule has 2 heteroatoms. The van der Waals surface area contributed by atoms with Crippen molar-refractivity contribution in [2.45, 2.75) is 54.0 Å². The van der Waals surface area contributed by atoms with Crippen LogP contribution in [0, 0.1) is 5.92 Å². The normalized spacial score (nSPS) is 23.8. The Labute approximate surface area is 96.9 Å². The molecule has 1 nitrogen and oxygen atoms in total. The van der Waals surface area contributed by atoms with Crippen molar-refractivity contribution in [3.8, 4) is 0 Å². The number of hydrogen-bond donors (Lipinski definition) is 1. The molecule has 0 aromatic heterocycles. The SMILES string of the molecule is CC1=C(C)C(C)C([SiH2]NC(C)(C)C)=C1C. The molecule has 0 radical (unpaired) electrons. The molecule has 1 aliphatic rings. The van der Waals surface area contributed by atoms with Crippen molar-refractivity contribution in [2.75, 3.05) is 0 Å². The van der Waals surface area contributed by atoms with Gasteiger partial charge in [0.05, 0.1) is 0 Å². The zero-order chi connectivity index (χ0) is 11.8. The lowest BCUT2D eigenvalue weighted by molar-refractivity contribution is 0.523. The third-order valence-electron chi connectivity index (χ3n) is 3.62. The predicted octanol–water partition coefficient (Wildman–Crippen LogP) is 2.72. The summed E-state index contributed by atoms with van der Waals surface area (Å²) in [6.07, 6.45) is 0. The molecule has 0 bridgehead atoms. The standard InChI is InChI=1S/C13H25NSi/c1-8-9(2)11(4)12(10(8)3)15-14-13(5,6)7/h10,14H,15H2,1-7H3. The number of nitrogens with one attached hydrogen (secondary N) is 1. The van der Waals surface area contributed by atoms with E-state index in [2.05, 4.69) is 53.4 Å². The van der Waals surface area contributed by atoms with Crippen LogP contribution in [-0.4, -0.2) is 15.2 Å². The fraction of sp³-hybridized carbons (Fsp3) is 0.692. The molecule has 0 aromatic carbocycles. The summed E-state index contributed by atoms with van der Waals surface area (Å²) in [5.74, 6) is 0.687. The topological polar surface area (TPSA) is 12.0 Å². The first kappa shape index (κ1) is 12.7. The highest BCUT2D eigenvalue weighted by Crippen LogP contribution is 2.35. The largest absolute Gasteiger partial charge is 0.334 e. The van der Waals surface area contributed by atoms with Gasteiger partial charge < -0.3 is 4.98 Å². The van der Waals surface area contributed by atoms with Gasteiger partial charge in [-0.2, -0.15) is 0 Å². The second kappa shape index (κ2) is 4.26. The van der Waals surface area contributed by atoms with Gasteiger partial charge in [-0.15, -0.1) is 0 Å². The first-order valence-corrected chi connectivity index (χ1v) is 7.28. The predicted molar refractivity (Wildman–Crippen MR) is 71.7 cm³/mol. The van der Waals surface area contributed by atoms with Crippen LogP contribution in [0.2, 0.25) is 0 Å². The molecule has 1 atom stereocenters. The van der Waals surface area contributed by atoms with Crippen LogP contribution in [0.25, 0.3) is 0 Å². The highest BCUT2D eigenvalue weighted by atomic mass is 28.2. The van der Waals surface area contributed by atoms with E-state index in [1.165, 1.54) is 5.57 Å². The van der Waals surface area contributed by atoms with E-state index in [0.29, 0.717) is 5.92 Å². The Morgan fingerprint density at radius 2 is 1.60 bits per heavy atom. The van der Waals surface area contributed by atoms with Gasteiger partial charge >= 0.3 is 0 Å². The van der Waals surface area contributed by atoms with E-state index in [0.717, 1.165) is 0 Å². The van der Waals surface area contributed by atoms with Crippen molar-refractivity contribution in [1.82, 2.24) is 4.98 Å². The van der Waals surface area contributed by atoms with Crippen molar-refractivity contribution >= 4 is 9.68 Å². The Morgan fingerprint density at radius 3 is 1.93 bits per heavy atom. The van der Waals surface area contributed by atoms with E-state index in [9.17, 15) is 0 Å². The molecule has 86 valence electrons. The van der Waals surface area contributed by atoms with Crippen LogP contribution in [0.1, 0.15) is 48.5 Å². The molecule has 0 spiro atoms. The second-order valence-electron chi connectivity index (χ2n) is 5.78. The van der Waals surface area contributed by atoms with Crippen LogP contribution in [0.4, 0.5) is 0 Å². The lowest BCUT2D eigenvalue weighted by atomic mass is 10.1. The maximum atomic E-state index is 3.72. The quantitative estimate of drug-likeness (QED) is 0.710. The van der Waals surface area contributed by atoms with Gasteiger partial charge in [0, 0.05) is 5.54 Å². The van der Waals surface area contributed by atoms with Crippen molar-refractivity contribution in [1.29, 1.82) is 0 Å². The average molecular weight is 223 g/mol. The Balaban J connectivity index is 2.74. The maximum absolute atomic E-state index is 3.72. The average Bonchev–Trinajstić information content (AvgIpc) is 2.28. The molecule has 15 heavy (non-hydrogen) atoms. The summed E-state index contributed by atoms with van der Waals surface area (Å²) in [6, 6.07) is 0. The van der Waals surface area contributed by atoms with Gasteiger partial charge in [-0.3, -0.25) is 0 Å². The van der Waals surface area contributed by atoms with E-state index in [4.69, 9.17) is 0 Å². The summed E-state index contributed by atoms with van der Waals surface area (Å²) >= 11 is 0. The number of allylic oxidation sites excluding steroid dienone is 4. The minimum absolute atomic E-state index is 0.267. The summed E-state index contributed by atoms with van der Waals surface area (Å²) < 4.78 is 0. The molecule has 0 saturated heterocycles. The lowest BCUT2D eigenvalue weighted by Crippen LogP contribution is -2.40. The molecule has 1 rings (SSSR count). The Morgan fingerprint density at radius 1 is 1.07 bits per heavy atom. The van der Waals surface area contributed by atoms with Crippen LogP contribution >= 0.6 is 0 Å². The van der Waals surface area contributed by atoms with Gasteiger partial charge in [-0.1, -0.05) is 23.3 Å². The molecule has 0 fully saturated rings. The maximum Gasteiger partial charge on any atom is 0.121 e. The van der Waals surface area contributed by atoms with Crippen molar-refractivity contribution in [3.05, 3.63) is 21.9 Å². The first-order valence-electron chi connectivity index (χ1n) is 5.86.